The van der Waals surface area contributed by atoms with Crippen LogP contribution >= 0.6 is 0 Å². The first-order chi connectivity index (χ1) is 9.97. The maximum atomic E-state index is 12.1. The summed E-state index contributed by atoms with van der Waals surface area (Å²) in [7, 11) is 0. The van der Waals surface area contributed by atoms with E-state index in [-0.39, 0.29) is 23.9 Å². The number of aryl methyl sites for hydroxylation is 2. The molecule has 1 atom stereocenters. The van der Waals surface area contributed by atoms with Crippen molar-refractivity contribution < 1.29 is 4.79 Å². The lowest BCUT2D eigenvalue weighted by molar-refractivity contribution is -0.121. The quantitative estimate of drug-likeness (QED) is 0.884. The Bertz CT molecular complexity index is 695. The molecule has 0 aliphatic carbocycles. The molecular formula is C15H18N4O2. The molecule has 0 spiro atoms. The Morgan fingerprint density at radius 3 is 2.76 bits per heavy atom. The highest BCUT2D eigenvalue weighted by atomic mass is 16.2. The summed E-state index contributed by atoms with van der Waals surface area (Å²) in [5, 5.41) is 2.83. The van der Waals surface area contributed by atoms with Crippen LogP contribution in [0.3, 0.4) is 0 Å². The molecule has 0 radical (unpaired) electrons. The lowest BCUT2D eigenvalue weighted by Crippen LogP contribution is -2.31. The maximum Gasteiger partial charge on any atom is 0.254 e. The van der Waals surface area contributed by atoms with E-state index in [0.29, 0.717) is 17.1 Å². The predicted molar refractivity (Wildman–Crippen MR) is 78.8 cm³/mol. The van der Waals surface area contributed by atoms with Crippen LogP contribution in [-0.4, -0.2) is 20.9 Å². The van der Waals surface area contributed by atoms with Gasteiger partial charge in [0.25, 0.3) is 5.56 Å². The summed E-state index contributed by atoms with van der Waals surface area (Å²) in [6, 6.07) is 5.32. The zero-order valence-corrected chi connectivity index (χ0v) is 12.3. The zero-order chi connectivity index (χ0) is 15.4. The van der Waals surface area contributed by atoms with Crippen LogP contribution < -0.4 is 10.9 Å². The van der Waals surface area contributed by atoms with Crippen LogP contribution in [0.25, 0.3) is 0 Å². The molecule has 6 nitrogen and oxygen atoms in total. The third-order valence-corrected chi connectivity index (χ3v) is 3.19. The maximum absolute atomic E-state index is 12.1. The van der Waals surface area contributed by atoms with E-state index in [1.54, 1.807) is 20.0 Å². The number of hydrogen-bond acceptors (Lipinski definition) is 4. The first-order valence-corrected chi connectivity index (χ1v) is 6.74. The average Bonchev–Trinajstić information content (AvgIpc) is 2.43. The highest BCUT2D eigenvalue weighted by molar-refractivity contribution is 5.79. The van der Waals surface area contributed by atoms with Gasteiger partial charge in [0.2, 0.25) is 5.91 Å². The molecule has 2 heterocycles. The molecule has 2 N–H and O–H groups in total. The first-order valence-electron chi connectivity index (χ1n) is 6.74. The number of amides is 1. The minimum absolute atomic E-state index is 0.00558. The van der Waals surface area contributed by atoms with Gasteiger partial charge in [-0.3, -0.25) is 14.6 Å². The second kappa shape index (κ2) is 6.30. The minimum Gasteiger partial charge on any atom is -0.348 e. The number of carbonyl (C=O) groups excluding carboxylic acids is 1. The molecule has 2 aromatic rings. The summed E-state index contributed by atoms with van der Waals surface area (Å²) in [5.74, 6) is 0.316. The van der Waals surface area contributed by atoms with Crippen molar-refractivity contribution >= 4 is 5.91 Å². The van der Waals surface area contributed by atoms with E-state index in [4.69, 9.17) is 0 Å². The topological polar surface area (TPSA) is 87.7 Å². The summed E-state index contributed by atoms with van der Waals surface area (Å²) in [5.41, 5.74) is 1.49. The number of pyridine rings is 1. The molecule has 0 saturated carbocycles. The van der Waals surface area contributed by atoms with Gasteiger partial charge >= 0.3 is 0 Å². The molecule has 0 fully saturated rings. The van der Waals surface area contributed by atoms with Gasteiger partial charge in [-0.25, -0.2) is 4.98 Å². The van der Waals surface area contributed by atoms with Gasteiger partial charge in [-0.05, 0) is 32.9 Å². The Morgan fingerprint density at radius 1 is 1.38 bits per heavy atom. The molecule has 2 aromatic heterocycles. The molecule has 0 saturated heterocycles. The smallest absolute Gasteiger partial charge is 0.254 e. The highest BCUT2D eigenvalue weighted by Gasteiger charge is 2.14. The molecule has 2 rings (SSSR count). The lowest BCUT2D eigenvalue weighted by Gasteiger charge is -2.13. The number of H-pyrrole nitrogens is 1. The lowest BCUT2D eigenvalue weighted by atomic mass is 10.1. The van der Waals surface area contributed by atoms with Gasteiger partial charge in [-0.1, -0.05) is 6.07 Å². The summed E-state index contributed by atoms with van der Waals surface area (Å²) in [6.07, 6.45) is 1.68. The van der Waals surface area contributed by atoms with Crippen LogP contribution in [0.15, 0.2) is 29.2 Å². The first kappa shape index (κ1) is 14.9. The van der Waals surface area contributed by atoms with Gasteiger partial charge in [-0.2, -0.15) is 0 Å². The van der Waals surface area contributed by atoms with E-state index in [0.717, 1.165) is 5.69 Å². The van der Waals surface area contributed by atoms with Crippen molar-refractivity contribution in [1.82, 2.24) is 20.3 Å². The summed E-state index contributed by atoms with van der Waals surface area (Å²) in [4.78, 5) is 34.9. The van der Waals surface area contributed by atoms with Gasteiger partial charge in [0.05, 0.1) is 18.2 Å². The van der Waals surface area contributed by atoms with Gasteiger partial charge in [0.15, 0.2) is 0 Å². The minimum atomic E-state index is -0.263. The Balaban J connectivity index is 2.08. The van der Waals surface area contributed by atoms with Gasteiger partial charge in [-0.15, -0.1) is 0 Å². The number of nitrogens with one attached hydrogen (secondary N) is 2. The van der Waals surface area contributed by atoms with E-state index in [2.05, 4.69) is 20.3 Å². The Hall–Kier alpha value is -2.50. The fourth-order valence-corrected chi connectivity index (χ4v) is 2.12. The summed E-state index contributed by atoms with van der Waals surface area (Å²) in [6.45, 7) is 5.29. The molecule has 1 amide bonds. The summed E-state index contributed by atoms with van der Waals surface area (Å²) >= 11 is 0. The van der Waals surface area contributed by atoms with Crippen molar-refractivity contribution in [2.24, 2.45) is 0 Å². The van der Waals surface area contributed by atoms with Crippen molar-refractivity contribution in [2.45, 2.75) is 33.2 Å². The number of aromatic amines is 1. The standard InChI is InChI=1S/C15H18N4O2/c1-9-12(15(21)19-11(3)17-9)8-14(20)18-10(2)13-6-4-5-7-16-13/h4-7,10H,8H2,1-3H3,(H,18,20)(H,17,19,21)/t10-/m1/s1. The number of aromatic nitrogens is 3. The Labute approximate surface area is 122 Å². The van der Waals surface area contributed by atoms with Crippen LogP contribution in [0.2, 0.25) is 0 Å². The fourth-order valence-electron chi connectivity index (χ4n) is 2.12. The van der Waals surface area contributed by atoms with Crippen LogP contribution in [0.1, 0.15) is 35.7 Å². The van der Waals surface area contributed by atoms with Crippen molar-refractivity contribution in [2.75, 3.05) is 0 Å². The van der Waals surface area contributed by atoms with Crippen molar-refractivity contribution in [3.05, 3.63) is 57.5 Å². The molecule has 0 unspecified atom stereocenters. The fraction of sp³-hybridized carbons (Fsp3) is 0.333. The van der Waals surface area contributed by atoms with Gasteiger partial charge in [0, 0.05) is 17.5 Å². The van der Waals surface area contributed by atoms with Crippen molar-refractivity contribution in [3.8, 4) is 0 Å². The largest absolute Gasteiger partial charge is 0.348 e. The number of carbonyl (C=O) groups is 1. The van der Waals surface area contributed by atoms with Crippen molar-refractivity contribution in [3.63, 3.8) is 0 Å². The Kier molecular flexibility index (Phi) is 4.47. The number of nitrogens with zero attached hydrogens (tertiary/aromatic N) is 2. The Morgan fingerprint density at radius 2 is 2.14 bits per heavy atom. The highest BCUT2D eigenvalue weighted by Crippen LogP contribution is 2.08. The monoisotopic (exact) mass is 286 g/mol. The number of hydrogen-bond donors (Lipinski definition) is 2. The summed E-state index contributed by atoms with van der Waals surface area (Å²) < 4.78 is 0. The van der Waals surface area contributed by atoms with Crippen LogP contribution in [0.4, 0.5) is 0 Å². The second-order valence-electron chi connectivity index (χ2n) is 4.94. The molecule has 0 aromatic carbocycles. The van der Waals surface area contributed by atoms with E-state index in [1.165, 1.54) is 0 Å². The van der Waals surface area contributed by atoms with E-state index in [9.17, 15) is 9.59 Å². The van der Waals surface area contributed by atoms with Crippen LogP contribution in [0.5, 0.6) is 0 Å². The molecule has 6 heteroatoms. The molecule has 110 valence electrons. The van der Waals surface area contributed by atoms with Gasteiger partial charge in [0.1, 0.15) is 5.82 Å². The van der Waals surface area contributed by atoms with Crippen molar-refractivity contribution in [1.29, 1.82) is 0 Å². The third-order valence-electron chi connectivity index (χ3n) is 3.19. The second-order valence-corrected chi connectivity index (χ2v) is 4.94. The normalized spacial score (nSPS) is 12.0. The van der Waals surface area contributed by atoms with Gasteiger partial charge < -0.3 is 10.3 Å². The predicted octanol–water partition coefficient (Wildman–Crippen LogP) is 1.20. The van der Waals surface area contributed by atoms with E-state index in [1.807, 2.05) is 25.1 Å². The molecule has 0 bridgehead atoms. The third kappa shape index (κ3) is 3.75. The van der Waals surface area contributed by atoms with E-state index >= 15 is 0 Å². The number of rotatable bonds is 4. The zero-order valence-electron chi connectivity index (χ0n) is 12.3. The molecular weight excluding hydrogens is 268 g/mol. The molecule has 0 aliphatic heterocycles. The SMILES string of the molecule is Cc1nc(C)c(CC(=O)N[C@H](C)c2ccccn2)c(=O)[nH]1. The van der Waals surface area contributed by atoms with E-state index < -0.39 is 0 Å². The van der Waals surface area contributed by atoms with Crippen LogP contribution in [-0.2, 0) is 11.2 Å². The molecule has 0 aliphatic rings. The van der Waals surface area contributed by atoms with Crippen LogP contribution in [0, 0.1) is 13.8 Å². The molecule has 21 heavy (non-hydrogen) atoms. The average molecular weight is 286 g/mol.